The van der Waals surface area contributed by atoms with E-state index in [1.165, 1.54) is 5.56 Å². The van der Waals surface area contributed by atoms with Gasteiger partial charge in [0.2, 0.25) is 5.91 Å². The van der Waals surface area contributed by atoms with Crippen molar-refractivity contribution in [2.24, 2.45) is 5.73 Å². The minimum Gasteiger partial charge on any atom is -0.334 e. The fourth-order valence-corrected chi connectivity index (χ4v) is 3.64. The van der Waals surface area contributed by atoms with E-state index < -0.39 is 0 Å². The number of hydrogen-bond donors (Lipinski definition) is 1. The number of nitrogens with zero attached hydrogens (tertiary/aromatic N) is 3. The summed E-state index contributed by atoms with van der Waals surface area (Å²) in [5, 5.41) is 0. The number of benzene rings is 1. The molecular weight excluding hydrogens is 328 g/mol. The Hall–Kier alpha value is -2.73. The van der Waals surface area contributed by atoms with Gasteiger partial charge < -0.3 is 15.5 Å². The smallest absolute Gasteiger partial charge is 0.272 e. The molecule has 6 heteroatoms. The third kappa shape index (κ3) is 2.97. The highest BCUT2D eigenvalue weighted by molar-refractivity contribution is 5.94. The van der Waals surface area contributed by atoms with Crippen molar-refractivity contribution in [1.82, 2.24) is 9.88 Å². The van der Waals surface area contributed by atoms with Crippen LogP contribution in [0.15, 0.2) is 36.5 Å². The summed E-state index contributed by atoms with van der Waals surface area (Å²) in [6, 6.07) is 9.91. The molecule has 6 nitrogen and oxygen atoms in total. The number of aryl methyl sites for hydroxylation is 1. The molecule has 26 heavy (non-hydrogen) atoms. The van der Waals surface area contributed by atoms with Gasteiger partial charge in [0.25, 0.3) is 5.91 Å². The summed E-state index contributed by atoms with van der Waals surface area (Å²) >= 11 is 0. The molecule has 2 aliphatic heterocycles. The van der Waals surface area contributed by atoms with Crippen LogP contribution in [0, 0.1) is 0 Å². The average molecular weight is 350 g/mol. The Balaban J connectivity index is 1.56. The van der Waals surface area contributed by atoms with E-state index in [2.05, 4.69) is 11.1 Å². The Kier molecular flexibility index (Phi) is 4.20. The fourth-order valence-electron chi connectivity index (χ4n) is 3.64. The van der Waals surface area contributed by atoms with E-state index in [9.17, 15) is 9.59 Å². The summed E-state index contributed by atoms with van der Waals surface area (Å²) < 4.78 is 0. The number of anilines is 1. The van der Waals surface area contributed by atoms with Crippen LogP contribution in [0.3, 0.4) is 0 Å². The summed E-state index contributed by atoms with van der Waals surface area (Å²) in [5.74, 6) is 0.00901. The molecule has 0 saturated carbocycles. The predicted molar refractivity (Wildman–Crippen MR) is 99.9 cm³/mol. The molecule has 0 aliphatic carbocycles. The van der Waals surface area contributed by atoms with E-state index in [0.29, 0.717) is 18.8 Å². The monoisotopic (exact) mass is 350 g/mol. The molecule has 4 rings (SSSR count). The highest BCUT2D eigenvalue weighted by Gasteiger charge is 2.29. The molecule has 2 aromatic rings. The van der Waals surface area contributed by atoms with Gasteiger partial charge in [0.15, 0.2) is 0 Å². The Morgan fingerprint density at radius 1 is 1.15 bits per heavy atom. The first-order valence-electron chi connectivity index (χ1n) is 8.95. The minimum absolute atomic E-state index is 0.0687. The molecule has 2 N–H and O–H groups in total. The topological polar surface area (TPSA) is 79.5 Å². The van der Waals surface area contributed by atoms with Crippen molar-refractivity contribution < 1.29 is 9.59 Å². The standard InChI is InChI=1S/C20H22N4O2/c1-13(25)24-8-2-3-15-9-14(5-7-19(15)24)16-4-6-18(22-10-16)20(26)23-11-17(21)12-23/h4-7,9-10,17H,2-3,8,11-12,21H2,1H3. The summed E-state index contributed by atoms with van der Waals surface area (Å²) in [4.78, 5) is 32.0. The first kappa shape index (κ1) is 16.7. The van der Waals surface area contributed by atoms with Crippen LogP contribution in [-0.4, -0.2) is 47.4 Å². The molecule has 134 valence electrons. The molecule has 1 aromatic heterocycles. The van der Waals surface area contributed by atoms with Gasteiger partial charge in [-0.1, -0.05) is 12.1 Å². The molecule has 0 unspecified atom stereocenters. The zero-order valence-electron chi connectivity index (χ0n) is 14.8. The van der Waals surface area contributed by atoms with E-state index in [1.54, 1.807) is 24.1 Å². The minimum atomic E-state index is -0.0687. The van der Waals surface area contributed by atoms with Gasteiger partial charge in [-0.05, 0) is 42.2 Å². The average Bonchev–Trinajstić information content (AvgIpc) is 2.64. The number of carbonyl (C=O) groups is 2. The number of likely N-dealkylation sites (tertiary alicyclic amines) is 1. The van der Waals surface area contributed by atoms with Gasteiger partial charge in [-0.3, -0.25) is 14.6 Å². The maximum absolute atomic E-state index is 12.3. The maximum atomic E-state index is 12.3. The number of fused-ring (bicyclic) bond motifs is 1. The van der Waals surface area contributed by atoms with Crippen LogP contribution in [0.4, 0.5) is 5.69 Å². The summed E-state index contributed by atoms with van der Waals surface area (Å²) in [5.41, 5.74) is 10.4. The lowest BCUT2D eigenvalue weighted by atomic mass is 9.96. The zero-order valence-corrected chi connectivity index (χ0v) is 14.8. The molecule has 0 bridgehead atoms. The van der Waals surface area contributed by atoms with Crippen LogP contribution in [0.25, 0.3) is 11.1 Å². The fraction of sp³-hybridized carbons (Fsp3) is 0.350. The SMILES string of the molecule is CC(=O)N1CCCc2cc(-c3ccc(C(=O)N4CC(N)C4)nc3)ccc21. The van der Waals surface area contributed by atoms with Gasteiger partial charge in [0.05, 0.1) is 0 Å². The number of aromatic nitrogens is 1. The van der Waals surface area contributed by atoms with Crippen molar-refractivity contribution in [2.75, 3.05) is 24.5 Å². The van der Waals surface area contributed by atoms with Crippen molar-refractivity contribution in [3.8, 4) is 11.1 Å². The van der Waals surface area contributed by atoms with Crippen molar-refractivity contribution in [3.05, 3.63) is 47.8 Å². The van der Waals surface area contributed by atoms with Crippen LogP contribution < -0.4 is 10.6 Å². The van der Waals surface area contributed by atoms with Gasteiger partial charge >= 0.3 is 0 Å². The van der Waals surface area contributed by atoms with E-state index in [1.807, 2.05) is 23.1 Å². The van der Waals surface area contributed by atoms with E-state index in [4.69, 9.17) is 5.73 Å². The largest absolute Gasteiger partial charge is 0.334 e. The van der Waals surface area contributed by atoms with Gasteiger partial charge in [-0.15, -0.1) is 0 Å². The lowest BCUT2D eigenvalue weighted by molar-refractivity contribution is -0.116. The highest BCUT2D eigenvalue weighted by Crippen LogP contribution is 2.31. The molecule has 1 aromatic carbocycles. The molecule has 1 saturated heterocycles. The first-order chi connectivity index (χ1) is 12.5. The third-order valence-electron chi connectivity index (χ3n) is 5.09. The normalized spacial score (nSPS) is 16.8. The number of carbonyl (C=O) groups excluding carboxylic acids is 2. The molecule has 2 amide bonds. The van der Waals surface area contributed by atoms with Gasteiger partial charge in [-0.25, -0.2) is 0 Å². The Labute approximate surface area is 152 Å². The molecule has 1 fully saturated rings. The third-order valence-corrected chi connectivity index (χ3v) is 5.09. The van der Waals surface area contributed by atoms with E-state index in [-0.39, 0.29) is 17.9 Å². The molecule has 3 heterocycles. The number of amides is 2. The van der Waals surface area contributed by atoms with Crippen molar-refractivity contribution in [3.63, 3.8) is 0 Å². The second kappa shape index (κ2) is 6.53. The van der Waals surface area contributed by atoms with Crippen molar-refractivity contribution >= 4 is 17.5 Å². The van der Waals surface area contributed by atoms with Crippen LogP contribution in [0.2, 0.25) is 0 Å². The Morgan fingerprint density at radius 3 is 2.58 bits per heavy atom. The number of rotatable bonds is 2. The van der Waals surface area contributed by atoms with Gasteiger partial charge in [0.1, 0.15) is 5.69 Å². The molecule has 2 aliphatic rings. The van der Waals surface area contributed by atoms with Crippen LogP contribution in [0.5, 0.6) is 0 Å². The zero-order chi connectivity index (χ0) is 18.3. The molecule has 0 radical (unpaired) electrons. The quantitative estimate of drug-likeness (QED) is 0.896. The molecule has 0 atom stereocenters. The van der Waals surface area contributed by atoms with E-state index >= 15 is 0 Å². The van der Waals surface area contributed by atoms with Gasteiger partial charge in [-0.2, -0.15) is 0 Å². The number of pyridine rings is 1. The summed E-state index contributed by atoms with van der Waals surface area (Å²) in [6.45, 7) is 3.58. The summed E-state index contributed by atoms with van der Waals surface area (Å²) in [6.07, 6.45) is 3.67. The number of hydrogen-bond acceptors (Lipinski definition) is 4. The van der Waals surface area contributed by atoms with Crippen molar-refractivity contribution in [2.45, 2.75) is 25.8 Å². The Bertz CT molecular complexity index is 857. The van der Waals surface area contributed by atoms with E-state index in [0.717, 1.165) is 36.2 Å². The molecular formula is C20H22N4O2. The van der Waals surface area contributed by atoms with Crippen molar-refractivity contribution in [1.29, 1.82) is 0 Å². The second-order valence-electron chi connectivity index (χ2n) is 7.02. The predicted octanol–water partition coefficient (Wildman–Crippen LogP) is 1.83. The lowest BCUT2D eigenvalue weighted by Crippen LogP contribution is -2.57. The molecule has 0 spiro atoms. The maximum Gasteiger partial charge on any atom is 0.272 e. The van der Waals surface area contributed by atoms with Crippen LogP contribution >= 0.6 is 0 Å². The van der Waals surface area contributed by atoms with Crippen LogP contribution in [-0.2, 0) is 11.2 Å². The second-order valence-corrected chi connectivity index (χ2v) is 7.02. The van der Waals surface area contributed by atoms with Gasteiger partial charge in [0, 0.05) is 50.0 Å². The summed E-state index contributed by atoms with van der Waals surface area (Å²) in [7, 11) is 0. The first-order valence-corrected chi connectivity index (χ1v) is 8.95. The van der Waals surface area contributed by atoms with Crippen LogP contribution in [0.1, 0.15) is 29.4 Å². The number of nitrogens with two attached hydrogens (primary N) is 1. The lowest BCUT2D eigenvalue weighted by Gasteiger charge is -2.36. The highest BCUT2D eigenvalue weighted by atomic mass is 16.2. The Morgan fingerprint density at radius 2 is 1.92 bits per heavy atom.